The fraction of sp³-hybridized carbons (Fsp3) is 0.211. The van der Waals surface area contributed by atoms with Crippen molar-refractivity contribution in [3.8, 4) is 0 Å². The summed E-state index contributed by atoms with van der Waals surface area (Å²) in [5, 5.41) is 2.55. The molecule has 11 heteroatoms. The smallest absolute Gasteiger partial charge is 0.275 e. The number of pyridine rings is 1. The number of aliphatic imine (C=N–C) groups is 1. The number of carbonyl (C=O) groups is 1. The second-order valence-electron chi connectivity index (χ2n) is 6.56. The van der Waals surface area contributed by atoms with Crippen LogP contribution in [0.1, 0.15) is 16.1 Å². The highest BCUT2D eigenvalue weighted by Gasteiger charge is 2.46. The molecule has 0 saturated heterocycles. The van der Waals surface area contributed by atoms with Crippen LogP contribution in [-0.2, 0) is 10.3 Å². The Morgan fingerprint density at radius 3 is 2.80 bits per heavy atom. The minimum atomic E-state index is -3.07. The van der Waals surface area contributed by atoms with E-state index in [1.807, 2.05) is 0 Å². The van der Waals surface area contributed by atoms with Crippen molar-refractivity contribution in [3.05, 3.63) is 65.9 Å². The van der Waals surface area contributed by atoms with Gasteiger partial charge in [0.2, 0.25) is 0 Å². The van der Waals surface area contributed by atoms with Gasteiger partial charge in [0.05, 0.1) is 6.61 Å². The van der Waals surface area contributed by atoms with Crippen LogP contribution in [0.15, 0.2) is 53.8 Å². The van der Waals surface area contributed by atoms with Crippen LogP contribution in [0.4, 0.5) is 18.9 Å². The number of imidazole rings is 1. The van der Waals surface area contributed by atoms with Gasteiger partial charge in [0.15, 0.2) is 5.54 Å². The second-order valence-corrected chi connectivity index (χ2v) is 6.56. The number of nitrogens with one attached hydrogen (secondary N) is 1. The van der Waals surface area contributed by atoms with E-state index in [4.69, 9.17) is 10.5 Å². The van der Waals surface area contributed by atoms with Crippen molar-refractivity contribution in [1.29, 1.82) is 0 Å². The first kappa shape index (κ1) is 21.6. The Morgan fingerprint density at radius 1 is 1.30 bits per heavy atom. The Kier molecular flexibility index (Phi) is 5.99. The third-order valence-corrected chi connectivity index (χ3v) is 4.56. The number of nitrogens with zero attached hydrogens (tertiary/aromatic N) is 3. The number of fused-ring (bicyclic) bond motifs is 1. The third kappa shape index (κ3) is 3.83. The molecule has 1 atom stereocenters. The van der Waals surface area contributed by atoms with Crippen molar-refractivity contribution in [2.45, 2.75) is 12.0 Å². The molecule has 0 fully saturated rings. The zero-order chi connectivity index (χ0) is 20.6. The summed E-state index contributed by atoms with van der Waals surface area (Å²) in [6.07, 6.45) is 0.183. The van der Waals surface area contributed by atoms with Crippen molar-refractivity contribution in [2.75, 3.05) is 18.5 Å². The molecule has 0 spiro atoms. The van der Waals surface area contributed by atoms with Crippen LogP contribution in [0, 0.1) is 5.82 Å². The number of amides is 1. The lowest BCUT2D eigenvalue weighted by atomic mass is 9.90. The third-order valence-electron chi connectivity index (χ3n) is 4.56. The molecule has 2 aromatic heterocycles. The van der Waals surface area contributed by atoms with Crippen molar-refractivity contribution < 1.29 is 22.7 Å². The molecule has 0 saturated carbocycles. The molecule has 3 N–H and O–H groups in total. The lowest BCUT2D eigenvalue weighted by molar-refractivity contribution is -0.0145. The molecule has 4 rings (SSSR count). The average Bonchev–Trinajstić information content (AvgIpc) is 3.13. The fourth-order valence-corrected chi connectivity index (χ4v) is 3.17. The first-order valence-electron chi connectivity index (χ1n) is 8.64. The molecule has 1 aliphatic heterocycles. The van der Waals surface area contributed by atoms with Gasteiger partial charge >= 0.3 is 0 Å². The predicted molar refractivity (Wildman–Crippen MR) is 107 cm³/mol. The summed E-state index contributed by atoms with van der Waals surface area (Å²) < 4.78 is 49.0. The number of alkyl halides is 2. The van der Waals surface area contributed by atoms with Gasteiger partial charge in [0.1, 0.15) is 29.6 Å². The van der Waals surface area contributed by atoms with Crippen molar-refractivity contribution in [3.63, 3.8) is 0 Å². The molecule has 1 amide bonds. The topological polar surface area (TPSA) is 94.0 Å². The van der Waals surface area contributed by atoms with Gasteiger partial charge in [-0.15, -0.1) is 12.4 Å². The van der Waals surface area contributed by atoms with E-state index in [0.717, 1.165) is 12.1 Å². The van der Waals surface area contributed by atoms with E-state index in [9.17, 15) is 18.0 Å². The van der Waals surface area contributed by atoms with E-state index in [2.05, 4.69) is 15.3 Å². The molecule has 0 aliphatic carbocycles. The number of halogens is 4. The first-order chi connectivity index (χ1) is 13.9. The quantitative estimate of drug-likeness (QED) is 0.653. The van der Waals surface area contributed by atoms with E-state index >= 15 is 0 Å². The summed E-state index contributed by atoms with van der Waals surface area (Å²) in [5.74, 6) is -1.63. The summed E-state index contributed by atoms with van der Waals surface area (Å²) in [6, 6.07) is 8.65. The molecule has 7 nitrogen and oxygen atoms in total. The van der Waals surface area contributed by atoms with E-state index < -0.39 is 35.9 Å². The molecule has 3 aromatic rings. The van der Waals surface area contributed by atoms with Crippen molar-refractivity contribution in [2.24, 2.45) is 10.7 Å². The van der Waals surface area contributed by atoms with Gasteiger partial charge in [-0.2, -0.15) is 0 Å². The highest BCUT2D eigenvalue weighted by molar-refractivity contribution is 6.03. The van der Waals surface area contributed by atoms with Gasteiger partial charge in [-0.3, -0.25) is 9.79 Å². The largest absolute Gasteiger partial charge is 0.385 e. The maximum absolute atomic E-state index is 14.5. The molecule has 0 radical (unpaired) electrons. The molecule has 3 heterocycles. The summed E-state index contributed by atoms with van der Waals surface area (Å²) in [7, 11) is 0. The number of aromatic nitrogens is 2. The number of rotatable bonds is 4. The maximum Gasteiger partial charge on any atom is 0.275 e. The van der Waals surface area contributed by atoms with Crippen LogP contribution in [0.2, 0.25) is 0 Å². The van der Waals surface area contributed by atoms with Crippen LogP contribution >= 0.6 is 12.4 Å². The molecule has 1 aliphatic rings. The lowest BCUT2D eigenvalue weighted by Crippen LogP contribution is -2.45. The van der Waals surface area contributed by atoms with Gasteiger partial charge in [0, 0.05) is 23.6 Å². The summed E-state index contributed by atoms with van der Waals surface area (Å²) in [4.78, 5) is 20.5. The zero-order valence-electron chi connectivity index (χ0n) is 15.4. The fourth-order valence-electron chi connectivity index (χ4n) is 3.17. The van der Waals surface area contributed by atoms with Gasteiger partial charge < -0.3 is 20.2 Å². The highest BCUT2D eigenvalue weighted by atomic mass is 35.5. The van der Waals surface area contributed by atoms with Crippen LogP contribution in [-0.4, -0.2) is 40.8 Å². The predicted octanol–water partition coefficient (Wildman–Crippen LogP) is 3.00. The average molecular weight is 440 g/mol. The number of anilines is 1. The SMILES string of the molecule is Cl.NC1=N[C@@](c2cc(NC(=O)c3cn4ccccc4n3)ccc2F)(C(F)F)COC1. The molecule has 0 bridgehead atoms. The van der Waals surface area contributed by atoms with Gasteiger partial charge in [-0.1, -0.05) is 6.07 Å². The number of amidine groups is 1. The van der Waals surface area contributed by atoms with Crippen LogP contribution in [0.5, 0.6) is 0 Å². The molecule has 0 unspecified atom stereocenters. The second kappa shape index (κ2) is 8.33. The van der Waals surface area contributed by atoms with Gasteiger partial charge in [-0.05, 0) is 30.3 Å². The minimum absolute atomic E-state index is 0. The number of hydrogen-bond donors (Lipinski definition) is 2. The molecule has 1 aromatic carbocycles. The van der Waals surface area contributed by atoms with E-state index in [1.165, 1.54) is 12.3 Å². The Balaban J connectivity index is 0.00000256. The summed E-state index contributed by atoms with van der Waals surface area (Å²) in [6.45, 7) is -0.646. The van der Waals surface area contributed by atoms with Crippen molar-refractivity contribution in [1.82, 2.24) is 9.38 Å². The first-order valence-corrected chi connectivity index (χ1v) is 8.64. The zero-order valence-corrected chi connectivity index (χ0v) is 16.2. The van der Waals surface area contributed by atoms with E-state index in [1.54, 1.807) is 28.8 Å². The summed E-state index contributed by atoms with van der Waals surface area (Å²) in [5.41, 5.74) is 3.66. The van der Waals surface area contributed by atoms with Crippen LogP contribution in [0.25, 0.3) is 5.65 Å². The van der Waals surface area contributed by atoms with Gasteiger partial charge in [0.25, 0.3) is 12.3 Å². The van der Waals surface area contributed by atoms with Gasteiger partial charge in [-0.25, -0.2) is 18.2 Å². The van der Waals surface area contributed by atoms with E-state index in [-0.39, 0.29) is 36.2 Å². The van der Waals surface area contributed by atoms with E-state index in [0.29, 0.717) is 5.65 Å². The molecule has 158 valence electrons. The highest BCUT2D eigenvalue weighted by Crippen LogP contribution is 2.38. The molecular formula is C19H17ClF3N5O2. The number of hydrogen-bond acceptors (Lipinski definition) is 5. The Labute approximate surface area is 175 Å². The Bertz CT molecular complexity index is 1090. The normalized spacial score (nSPS) is 18.7. The monoisotopic (exact) mass is 439 g/mol. The Morgan fingerprint density at radius 2 is 2.10 bits per heavy atom. The lowest BCUT2D eigenvalue weighted by Gasteiger charge is -2.33. The summed E-state index contributed by atoms with van der Waals surface area (Å²) >= 11 is 0. The number of benzene rings is 1. The minimum Gasteiger partial charge on any atom is -0.385 e. The van der Waals surface area contributed by atoms with Crippen molar-refractivity contribution >= 4 is 35.5 Å². The van der Waals surface area contributed by atoms with Crippen LogP contribution in [0.3, 0.4) is 0 Å². The number of carbonyl (C=O) groups excluding carboxylic acids is 1. The molecular weight excluding hydrogens is 423 g/mol. The number of nitrogens with two attached hydrogens (primary N) is 1. The maximum atomic E-state index is 14.5. The number of ether oxygens (including phenoxy) is 1. The Hall–Kier alpha value is -3.11. The molecule has 30 heavy (non-hydrogen) atoms. The van der Waals surface area contributed by atoms with Crippen LogP contribution < -0.4 is 11.1 Å². The standard InChI is InChI=1S/C19H16F3N5O2.ClH/c20-13-5-4-11(7-12(13)19(18(21)22)10-29-9-15(23)26-19)24-17(28)14-8-27-6-2-1-3-16(27)25-14;/h1-8,18H,9-10H2,(H2,23,26)(H,24,28);1H/t19-;/m0./s1.